The average molecular weight is 391 g/mol. The normalized spacial score (nSPS) is 21.3. The molecule has 1 aliphatic heterocycles. The molecular formula is C20H26N2O4S. The summed E-state index contributed by atoms with van der Waals surface area (Å²) in [6, 6.07) is 16.5. The highest BCUT2D eigenvalue weighted by Gasteiger charge is 2.44. The van der Waals surface area contributed by atoms with Crippen LogP contribution in [0.4, 0.5) is 0 Å². The second kappa shape index (κ2) is 7.59. The predicted molar refractivity (Wildman–Crippen MR) is 105 cm³/mol. The molecule has 6 nitrogen and oxygen atoms in total. The number of hydroxylamine groups is 2. The van der Waals surface area contributed by atoms with Crippen molar-refractivity contribution < 1.29 is 18.0 Å². The first kappa shape index (κ1) is 19.8. The highest BCUT2D eigenvalue weighted by atomic mass is 32.2. The van der Waals surface area contributed by atoms with Crippen LogP contribution in [0, 0.1) is 0 Å². The van der Waals surface area contributed by atoms with Crippen molar-refractivity contribution in [2.75, 3.05) is 13.7 Å². The molecule has 3 rings (SSSR count). The number of benzene rings is 2. The third-order valence-electron chi connectivity index (χ3n) is 4.21. The first-order valence-corrected chi connectivity index (χ1v) is 10.4. The predicted octanol–water partition coefficient (Wildman–Crippen LogP) is 3.48. The number of para-hydroxylation sites is 1. The molecule has 0 radical (unpaired) electrons. The lowest BCUT2D eigenvalue weighted by Crippen LogP contribution is -2.47. The molecule has 0 bridgehead atoms. The fourth-order valence-electron chi connectivity index (χ4n) is 3.17. The molecule has 7 heteroatoms. The molecule has 0 amide bonds. The maximum Gasteiger partial charge on any atom is 0.219 e. The van der Waals surface area contributed by atoms with Crippen LogP contribution in [0.5, 0.6) is 11.5 Å². The molecule has 2 aromatic rings. The largest absolute Gasteiger partial charge is 0.457 e. The summed E-state index contributed by atoms with van der Waals surface area (Å²) in [5, 5.41) is 0.891. The van der Waals surface area contributed by atoms with Crippen LogP contribution in [0.3, 0.4) is 0 Å². The van der Waals surface area contributed by atoms with E-state index in [-0.39, 0.29) is 6.61 Å². The van der Waals surface area contributed by atoms with Gasteiger partial charge in [-0.3, -0.25) is 4.84 Å². The number of nitrogens with one attached hydrogen (secondary N) is 1. The summed E-state index contributed by atoms with van der Waals surface area (Å²) in [5.41, 5.74) is 0.274. The van der Waals surface area contributed by atoms with E-state index in [9.17, 15) is 8.42 Å². The van der Waals surface area contributed by atoms with E-state index in [0.717, 1.165) is 11.3 Å². The lowest BCUT2D eigenvalue weighted by atomic mass is 10.0. The number of hydrogen-bond acceptors (Lipinski definition) is 5. The van der Waals surface area contributed by atoms with Gasteiger partial charge in [-0.15, -0.1) is 0 Å². The van der Waals surface area contributed by atoms with Crippen LogP contribution in [0.2, 0.25) is 0 Å². The van der Waals surface area contributed by atoms with Crippen molar-refractivity contribution in [3.63, 3.8) is 0 Å². The second-order valence-electron chi connectivity index (χ2n) is 7.71. The van der Waals surface area contributed by atoms with Crippen LogP contribution in [-0.2, 0) is 14.9 Å². The molecule has 1 saturated heterocycles. The highest BCUT2D eigenvalue weighted by Crippen LogP contribution is 2.35. The fraction of sp³-hybridized carbons (Fsp3) is 0.400. The van der Waals surface area contributed by atoms with Gasteiger partial charge < -0.3 is 4.74 Å². The van der Waals surface area contributed by atoms with Gasteiger partial charge in [-0.05, 0) is 50.6 Å². The molecule has 0 saturated carbocycles. The van der Waals surface area contributed by atoms with Gasteiger partial charge in [0.05, 0.1) is 12.6 Å². The fourth-order valence-corrected chi connectivity index (χ4v) is 5.08. The van der Waals surface area contributed by atoms with E-state index in [4.69, 9.17) is 9.57 Å². The Labute approximate surface area is 161 Å². The first-order valence-electron chi connectivity index (χ1n) is 8.87. The van der Waals surface area contributed by atoms with Crippen LogP contribution < -0.4 is 9.46 Å². The van der Waals surface area contributed by atoms with Crippen LogP contribution in [-0.4, -0.2) is 37.9 Å². The van der Waals surface area contributed by atoms with E-state index in [0.29, 0.717) is 5.75 Å². The molecule has 1 aliphatic rings. The lowest BCUT2D eigenvalue weighted by Gasteiger charge is -2.27. The van der Waals surface area contributed by atoms with E-state index >= 15 is 0 Å². The summed E-state index contributed by atoms with van der Waals surface area (Å²) >= 11 is 0. The summed E-state index contributed by atoms with van der Waals surface area (Å²) in [6.45, 7) is 5.59. The van der Waals surface area contributed by atoms with Gasteiger partial charge in [0, 0.05) is 12.6 Å². The molecule has 1 N–H and O–H groups in total. The van der Waals surface area contributed by atoms with Gasteiger partial charge in [0.1, 0.15) is 16.7 Å². The zero-order valence-corrected chi connectivity index (χ0v) is 16.9. The number of rotatable bonds is 5. The topological polar surface area (TPSA) is 67.9 Å². The van der Waals surface area contributed by atoms with E-state index < -0.39 is 26.9 Å². The standard InChI is InChI=1S/C20H26N2O4S/c1-20(2,3)21-27(23,24)18-14-25-22(4)19(18)15-9-8-12-17(13-15)26-16-10-6-5-7-11-16/h5-13,18-19,21H,14H2,1-4H3. The van der Waals surface area contributed by atoms with Crippen LogP contribution in [0.1, 0.15) is 32.4 Å². The quantitative estimate of drug-likeness (QED) is 0.847. The van der Waals surface area contributed by atoms with Crippen LogP contribution >= 0.6 is 0 Å². The number of nitrogens with zero attached hydrogens (tertiary/aromatic N) is 1. The Morgan fingerprint density at radius 3 is 2.41 bits per heavy atom. The summed E-state index contributed by atoms with van der Waals surface area (Å²) < 4.78 is 34.4. The van der Waals surface area contributed by atoms with Gasteiger partial charge in [0.15, 0.2) is 0 Å². The van der Waals surface area contributed by atoms with Crippen molar-refractivity contribution in [3.05, 3.63) is 60.2 Å². The minimum absolute atomic E-state index is 0.107. The smallest absolute Gasteiger partial charge is 0.219 e. The molecule has 1 fully saturated rings. The zero-order valence-electron chi connectivity index (χ0n) is 16.0. The molecule has 2 atom stereocenters. The second-order valence-corrected chi connectivity index (χ2v) is 9.61. The summed E-state index contributed by atoms with van der Waals surface area (Å²) in [7, 11) is -1.83. The van der Waals surface area contributed by atoms with Crippen molar-refractivity contribution >= 4 is 10.0 Å². The maximum atomic E-state index is 12.9. The lowest BCUT2D eigenvalue weighted by molar-refractivity contribution is -0.110. The van der Waals surface area contributed by atoms with Crippen molar-refractivity contribution in [1.82, 2.24) is 9.79 Å². The van der Waals surface area contributed by atoms with Crippen molar-refractivity contribution in [1.29, 1.82) is 0 Å². The Hall–Kier alpha value is -1.93. The molecule has 1 heterocycles. The van der Waals surface area contributed by atoms with Gasteiger partial charge in [-0.2, -0.15) is 5.06 Å². The highest BCUT2D eigenvalue weighted by molar-refractivity contribution is 7.90. The Bertz CT molecular complexity index is 878. The molecule has 0 spiro atoms. The van der Waals surface area contributed by atoms with Gasteiger partial charge >= 0.3 is 0 Å². The molecule has 27 heavy (non-hydrogen) atoms. The Balaban J connectivity index is 1.88. The van der Waals surface area contributed by atoms with Crippen LogP contribution in [0.25, 0.3) is 0 Å². The van der Waals surface area contributed by atoms with E-state index in [1.165, 1.54) is 0 Å². The Kier molecular flexibility index (Phi) is 5.58. The Morgan fingerprint density at radius 1 is 1.07 bits per heavy atom. The van der Waals surface area contributed by atoms with Gasteiger partial charge in [0.25, 0.3) is 0 Å². The number of sulfonamides is 1. The summed E-state index contributed by atoms with van der Waals surface area (Å²) in [6.07, 6.45) is 0. The van der Waals surface area contributed by atoms with E-state index in [1.807, 2.05) is 75.4 Å². The van der Waals surface area contributed by atoms with Crippen LogP contribution in [0.15, 0.2) is 54.6 Å². The van der Waals surface area contributed by atoms with Gasteiger partial charge in [-0.1, -0.05) is 30.3 Å². The van der Waals surface area contributed by atoms with Gasteiger partial charge in [-0.25, -0.2) is 13.1 Å². The summed E-state index contributed by atoms with van der Waals surface area (Å²) in [5.74, 6) is 1.38. The van der Waals surface area contributed by atoms with Gasteiger partial charge in [0.2, 0.25) is 10.0 Å². The third-order valence-corrected chi connectivity index (χ3v) is 6.30. The minimum Gasteiger partial charge on any atom is -0.457 e. The Morgan fingerprint density at radius 2 is 1.74 bits per heavy atom. The molecule has 0 aromatic heterocycles. The van der Waals surface area contributed by atoms with Crippen molar-refractivity contribution in [2.45, 2.75) is 37.6 Å². The average Bonchev–Trinajstić information content (AvgIpc) is 2.96. The van der Waals surface area contributed by atoms with Crippen molar-refractivity contribution in [2.24, 2.45) is 0 Å². The SMILES string of the molecule is CN1OCC(S(=O)(=O)NC(C)(C)C)C1c1cccc(Oc2ccccc2)c1. The maximum absolute atomic E-state index is 12.9. The van der Waals surface area contributed by atoms with Crippen molar-refractivity contribution in [3.8, 4) is 11.5 Å². The molecular weight excluding hydrogens is 364 g/mol. The minimum atomic E-state index is -3.58. The molecule has 146 valence electrons. The zero-order chi connectivity index (χ0) is 19.7. The third kappa shape index (κ3) is 4.87. The molecule has 2 unspecified atom stereocenters. The molecule has 0 aliphatic carbocycles. The monoisotopic (exact) mass is 390 g/mol. The number of hydrogen-bond donors (Lipinski definition) is 1. The molecule has 2 aromatic carbocycles. The first-order chi connectivity index (χ1) is 12.7. The summed E-state index contributed by atoms with van der Waals surface area (Å²) in [4.78, 5) is 5.56. The van der Waals surface area contributed by atoms with E-state index in [2.05, 4.69) is 4.72 Å². The number of ether oxygens (including phenoxy) is 1. The van der Waals surface area contributed by atoms with E-state index in [1.54, 1.807) is 12.1 Å².